The average molecular weight is 227 g/mol. The molecule has 1 atom stereocenters. The van der Waals surface area contributed by atoms with Crippen LogP contribution in [0, 0.1) is 11.8 Å². The zero-order valence-corrected chi connectivity index (χ0v) is 9.60. The Bertz CT molecular complexity index is 311. The summed E-state index contributed by atoms with van der Waals surface area (Å²) in [6.45, 7) is 3.81. The summed E-state index contributed by atoms with van der Waals surface area (Å²) in [4.78, 5) is 35.1. The minimum atomic E-state index is -0.935. The molecule has 90 valence electrons. The molecule has 0 aliphatic carbocycles. The van der Waals surface area contributed by atoms with Gasteiger partial charge in [-0.25, -0.2) is 0 Å². The van der Waals surface area contributed by atoms with Crippen LogP contribution in [0.25, 0.3) is 0 Å². The first kappa shape index (κ1) is 12.7. The topological polar surface area (TPSA) is 74.7 Å². The Kier molecular flexibility index (Phi) is 4.04. The van der Waals surface area contributed by atoms with E-state index in [0.717, 1.165) is 4.90 Å². The monoisotopic (exact) mass is 227 g/mol. The van der Waals surface area contributed by atoms with Gasteiger partial charge >= 0.3 is 5.97 Å². The van der Waals surface area contributed by atoms with Gasteiger partial charge in [-0.3, -0.25) is 19.3 Å². The van der Waals surface area contributed by atoms with Crippen LogP contribution in [0.5, 0.6) is 0 Å². The van der Waals surface area contributed by atoms with Gasteiger partial charge in [0.15, 0.2) is 0 Å². The lowest BCUT2D eigenvalue weighted by Gasteiger charge is -2.29. The fraction of sp³-hybridized carbons (Fsp3) is 0.727. The Hall–Kier alpha value is -1.39. The number of imide groups is 1. The molecular weight excluding hydrogens is 210 g/mol. The zero-order valence-electron chi connectivity index (χ0n) is 9.60. The molecule has 16 heavy (non-hydrogen) atoms. The van der Waals surface area contributed by atoms with Crippen LogP contribution in [0.2, 0.25) is 0 Å². The molecule has 5 heteroatoms. The number of nitrogens with zero attached hydrogens (tertiary/aromatic N) is 1. The number of carbonyl (C=O) groups is 3. The number of rotatable bonds is 3. The molecule has 1 unspecified atom stereocenters. The molecule has 1 heterocycles. The molecule has 0 aromatic heterocycles. The molecule has 1 fully saturated rings. The highest BCUT2D eigenvalue weighted by molar-refractivity contribution is 5.96. The predicted molar refractivity (Wildman–Crippen MR) is 56.5 cm³/mol. The summed E-state index contributed by atoms with van der Waals surface area (Å²) in [5.74, 6) is -1.87. The molecule has 0 aromatic rings. The van der Waals surface area contributed by atoms with Crippen LogP contribution in [0.15, 0.2) is 0 Å². The Morgan fingerprint density at radius 1 is 1.50 bits per heavy atom. The van der Waals surface area contributed by atoms with E-state index in [1.165, 1.54) is 0 Å². The van der Waals surface area contributed by atoms with Gasteiger partial charge < -0.3 is 5.11 Å². The molecule has 0 aromatic carbocycles. The summed E-state index contributed by atoms with van der Waals surface area (Å²) in [6.07, 6.45) is 0.776. The van der Waals surface area contributed by atoms with E-state index >= 15 is 0 Å². The maximum absolute atomic E-state index is 11.7. The minimum Gasteiger partial charge on any atom is -0.481 e. The van der Waals surface area contributed by atoms with Gasteiger partial charge in [-0.1, -0.05) is 13.8 Å². The number of amides is 2. The standard InChI is InChI=1S/C11H17NO4/c1-7(2)5-10(14)12-6-8(11(15)16)3-4-9(12)13/h7-8H,3-6H2,1-2H3,(H,15,16). The van der Waals surface area contributed by atoms with Crippen LogP contribution < -0.4 is 0 Å². The first-order valence-corrected chi connectivity index (χ1v) is 5.47. The van der Waals surface area contributed by atoms with Crippen LogP contribution >= 0.6 is 0 Å². The van der Waals surface area contributed by atoms with Crippen LogP contribution in [0.4, 0.5) is 0 Å². The molecule has 0 radical (unpaired) electrons. The van der Waals surface area contributed by atoms with E-state index in [-0.39, 0.29) is 37.1 Å². The maximum atomic E-state index is 11.7. The van der Waals surface area contributed by atoms with E-state index < -0.39 is 11.9 Å². The van der Waals surface area contributed by atoms with E-state index in [0.29, 0.717) is 6.42 Å². The highest BCUT2D eigenvalue weighted by atomic mass is 16.4. The molecule has 0 spiro atoms. The van der Waals surface area contributed by atoms with E-state index in [2.05, 4.69) is 0 Å². The maximum Gasteiger partial charge on any atom is 0.308 e. The molecule has 1 saturated heterocycles. The fourth-order valence-corrected chi connectivity index (χ4v) is 1.75. The zero-order chi connectivity index (χ0) is 12.3. The van der Waals surface area contributed by atoms with Gasteiger partial charge in [0.1, 0.15) is 0 Å². The van der Waals surface area contributed by atoms with Gasteiger partial charge in [0.2, 0.25) is 11.8 Å². The van der Waals surface area contributed by atoms with Crippen LogP contribution in [-0.4, -0.2) is 34.3 Å². The number of hydrogen-bond donors (Lipinski definition) is 1. The Morgan fingerprint density at radius 2 is 2.12 bits per heavy atom. The molecule has 2 amide bonds. The van der Waals surface area contributed by atoms with Crippen molar-refractivity contribution in [3.63, 3.8) is 0 Å². The van der Waals surface area contributed by atoms with Crippen LogP contribution in [-0.2, 0) is 14.4 Å². The summed E-state index contributed by atoms with van der Waals surface area (Å²) in [7, 11) is 0. The van der Waals surface area contributed by atoms with Crippen LogP contribution in [0.1, 0.15) is 33.1 Å². The van der Waals surface area contributed by atoms with Gasteiger partial charge in [0.25, 0.3) is 0 Å². The third-order valence-electron chi connectivity index (χ3n) is 2.64. The number of carbonyl (C=O) groups excluding carboxylic acids is 2. The third-order valence-corrected chi connectivity index (χ3v) is 2.64. The molecule has 0 saturated carbocycles. The van der Waals surface area contributed by atoms with Crippen molar-refractivity contribution in [2.75, 3.05) is 6.54 Å². The lowest BCUT2D eigenvalue weighted by Crippen LogP contribution is -2.46. The molecule has 1 rings (SSSR count). The van der Waals surface area contributed by atoms with Crippen molar-refractivity contribution in [1.82, 2.24) is 4.90 Å². The Morgan fingerprint density at radius 3 is 2.62 bits per heavy atom. The van der Waals surface area contributed by atoms with E-state index in [1.54, 1.807) is 0 Å². The normalized spacial score (nSPS) is 21.3. The number of carboxylic acids is 1. The summed E-state index contributed by atoms with van der Waals surface area (Å²) in [5.41, 5.74) is 0. The van der Waals surface area contributed by atoms with Crippen molar-refractivity contribution in [3.05, 3.63) is 0 Å². The van der Waals surface area contributed by atoms with Crippen LogP contribution in [0.3, 0.4) is 0 Å². The Labute approximate surface area is 94.4 Å². The lowest BCUT2D eigenvalue weighted by atomic mass is 9.97. The summed E-state index contributed by atoms with van der Waals surface area (Å²) in [6, 6.07) is 0. The fourth-order valence-electron chi connectivity index (χ4n) is 1.75. The SMILES string of the molecule is CC(C)CC(=O)N1CC(C(=O)O)CCC1=O. The van der Waals surface area contributed by atoms with Crippen molar-refractivity contribution < 1.29 is 19.5 Å². The van der Waals surface area contributed by atoms with Crippen molar-refractivity contribution in [1.29, 1.82) is 0 Å². The number of aliphatic carboxylic acids is 1. The predicted octanol–water partition coefficient (Wildman–Crippen LogP) is 0.882. The first-order valence-electron chi connectivity index (χ1n) is 5.47. The van der Waals surface area contributed by atoms with Gasteiger partial charge in [-0.05, 0) is 12.3 Å². The Balaban J connectivity index is 2.66. The number of piperidine rings is 1. The number of hydrogen-bond acceptors (Lipinski definition) is 3. The van der Waals surface area contributed by atoms with E-state index in [9.17, 15) is 14.4 Å². The smallest absolute Gasteiger partial charge is 0.308 e. The summed E-state index contributed by atoms with van der Waals surface area (Å²) >= 11 is 0. The molecule has 0 bridgehead atoms. The summed E-state index contributed by atoms with van der Waals surface area (Å²) < 4.78 is 0. The highest BCUT2D eigenvalue weighted by Gasteiger charge is 2.33. The van der Waals surface area contributed by atoms with Crippen molar-refractivity contribution >= 4 is 17.8 Å². The lowest BCUT2D eigenvalue weighted by molar-refractivity contribution is -0.153. The van der Waals surface area contributed by atoms with Gasteiger partial charge in [-0.15, -0.1) is 0 Å². The van der Waals surface area contributed by atoms with Gasteiger partial charge in [0, 0.05) is 19.4 Å². The van der Waals surface area contributed by atoms with Gasteiger partial charge in [-0.2, -0.15) is 0 Å². The second kappa shape index (κ2) is 5.09. The summed E-state index contributed by atoms with van der Waals surface area (Å²) in [5, 5.41) is 8.86. The highest BCUT2D eigenvalue weighted by Crippen LogP contribution is 2.19. The third kappa shape index (κ3) is 3.05. The molecule has 1 N–H and O–H groups in total. The molecular formula is C11H17NO4. The second-order valence-electron chi connectivity index (χ2n) is 4.57. The number of likely N-dealkylation sites (tertiary alicyclic amines) is 1. The molecule has 1 aliphatic heterocycles. The second-order valence-corrected chi connectivity index (χ2v) is 4.57. The molecule has 1 aliphatic rings. The van der Waals surface area contributed by atoms with Crippen molar-refractivity contribution in [2.24, 2.45) is 11.8 Å². The van der Waals surface area contributed by atoms with E-state index in [4.69, 9.17) is 5.11 Å². The van der Waals surface area contributed by atoms with Gasteiger partial charge in [0.05, 0.1) is 5.92 Å². The first-order chi connectivity index (χ1) is 7.41. The quantitative estimate of drug-likeness (QED) is 0.776. The van der Waals surface area contributed by atoms with Crippen molar-refractivity contribution in [2.45, 2.75) is 33.1 Å². The number of carboxylic acid groups (broad SMARTS) is 1. The van der Waals surface area contributed by atoms with E-state index in [1.807, 2.05) is 13.8 Å². The minimum absolute atomic E-state index is 0.0275. The largest absolute Gasteiger partial charge is 0.481 e. The average Bonchev–Trinajstić information content (AvgIpc) is 2.16. The molecule has 5 nitrogen and oxygen atoms in total. The van der Waals surface area contributed by atoms with Crippen molar-refractivity contribution in [3.8, 4) is 0 Å².